The molecule has 2 aromatic carbocycles. The monoisotopic (exact) mass is 383 g/mol. The standard InChI is InChI=1S/C20H19ClFN5/c21-15-5-6-18-19(9-15)27(11-14-4-2-1-3-13(14)10-23)20(25-18)26-8-7-16(22)17(24)12-26/h1-6,9,16-17H,7-8,11-12,24H2/t16-,17-/m1/s1. The fourth-order valence-electron chi connectivity index (χ4n) is 3.55. The molecule has 7 heteroatoms. The summed E-state index contributed by atoms with van der Waals surface area (Å²) in [6, 6.07) is 14.7. The van der Waals surface area contributed by atoms with Crippen molar-refractivity contribution in [2.75, 3.05) is 18.0 Å². The van der Waals surface area contributed by atoms with Gasteiger partial charge in [0.25, 0.3) is 0 Å². The molecule has 1 saturated heterocycles. The molecule has 27 heavy (non-hydrogen) atoms. The van der Waals surface area contributed by atoms with E-state index in [-0.39, 0.29) is 0 Å². The number of halogens is 2. The molecule has 1 fully saturated rings. The van der Waals surface area contributed by atoms with Crippen LogP contribution in [0.5, 0.6) is 0 Å². The molecule has 0 amide bonds. The summed E-state index contributed by atoms with van der Waals surface area (Å²) in [5, 5.41) is 10.0. The van der Waals surface area contributed by atoms with Crippen molar-refractivity contribution in [1.29, 1.82) is 5.26 Å². The number of piperidine rings is 1. The molecule has 0 saturated carbocycles. The summed E-state index contributed by atoms with van der Waals surface area (Å²) in [4.78, 5) is 6.78. The molecule has 0 bridgehead atoms. The maximum Gasteiger partial charge on any atom is 0.206 e. The molecule has 1 aliphatic rings. The summed E-state index contributed by atoms with van der Waals surface area (Å²) in [5.41, 5.74) is 9.15. The first kappa shape index (κ1) is 17.8. The molecule has 0 unspecified atom stereocenters. The van der Waals surface area contributed by atoms with Gasteiger partial charge in [-0.15, -0.1) is 0 Å². The number of fused-ring (bicyclic) bond motifs is 1. The van der Waals surface area contributed by atoms with Gasteiger partial charge in [0.1, 0.15) is 6.17 Å². The van der Waals surface area contributed by atoms with Crippen molar-refractivity contribution >= 4 is 28.6 Å². The number of nitrogens with two attached hydrogens (primary N) is 1. The van der Waals surface area contributed by atoms with Crippen LogP contribution in [0.1, 0.15) is 17.5 Å². The number of benzene rings is 2. The first-order chi connectivity index (χ1) is 13.1. The molecular formula is C20H19ClFN5. The number of aromatic nitrogens is 2. The number of imidazole rings is 1. The van der Waals surface area contributed by atoms with Crippen LogP contribution in [0, 0.1) is 11.3 Å². The maximum atomic E-state index is 13.8. The average Bonchev–Trinajstić information content (AvgIpc) is 3.02. The number of rotatable bonds is 3. The molecule has 2 atom stereocenters. The Hall–Kier alpha value is -2.62. The number of alkyl halides is 1. The van der Waals surface area contributed by atoms with E-state index in [1.807, 2.05) is 39.8 Å². The maximum absolute atomic E-state index is 13.8. The van der Waals surface area contributed by atoms with Gasteiger partial charge in [-0.2, -0.15) is 5.26 Å². The van der Waals surface area contributed by atoms with Crippen molar-refractivity contribution in [2.24, 2.45) is 5.73 Å². The van der Waals surface area contributed by atoms with Gasteiger partial charge in [0, 0.05) is 18.1 Å². The lowest BCUT2D eigenvalue weighted by atomic mass is 10.1. The van der Waals surface area contributed by atoms with Crippen LogP contribution in [0.25, 0.3) is 11.0 Å². The summed E-state index contributed by atoms with van der Waals surface area (Å²) in [6.07, 6.45) is -0.618. The number of hydrogen-bond donors (Lipinski definition) is 1. The van der Waals surface area contributed by atoms with Crippen LogP contribution in [0.3, 0.4) is 0 Å². The number of nitriles is 1. The summed E-state index contributed by atoms with van der Waals surface area (Å²) < 4.78 is 15.9. The van der Waals surface area contributed by atoms with E-state index in [9.17, 15) is 9.65 Å². The van der Waals surface area contributed by atoms with E-state index >= 15 is 0 Å². The van der Waals surface area contributed by atoms with Crippen LogP contribution in [0.15, 0.2) is 42.5 Å². The molecule has 5 nitrogen and oxygen atoms in total. The van der Waals surface area contributed by atoms with Crippen molar-refractivity contribution in [3.63, 3.8) is 0 Å². The number of hydrogen-bond acceptors (Lipinski definition) is 4. The lowest BCUT2D eigenvalue weighted by molar-refractivity contribution is 0.243. The van der Waals surface area contributed by atoms with Crippen LogP contribution < -0.4 is 10.6 Å². The molecule has 2 heterocycles. The fraction of sp³-hybridized carbons (Fsp3) is 0.300. The Bertz CT molecular complexity index is 1020. The first-order valence-corrected chi connectivity index (χ1v) is 9.23. The summed E-state index contributed by atoms with van der Waals surface area (Å²) in [7, 11) is 0. The summed E-state index contributed by atoms with van der Waals surface area (Å²) in [5.74, 6) is 0.724. The highest BCUT2D eigenvalue weighted by Gasteiger charge is 2.29. The van der Waals surface area contributed by atoms with E-state index < -0.39 is 12.2 Å². The van der Waals surface area contributed by atoms with Crippen LogP contribution in [0.2, 0.25) is 5.02 Å². The molecule has 3 aromatic rings. The smallest absolute Gasteiger partial charge is 0.206 e. The molecule has 2 N–H and O–H groups in total. The normalized spacial score (nSPS) is 20.0. The van der Waals surface area contributed by atoms with E-state index in [4.69, 9.17) is 22.3 Å². The van der Waals surface area contributed by atoms with Gasteiger partial charge in [0.15, 0.2) is 0 Å². The fourth-order valence-corrected chi connectivity index (χ4v) is 3.72. The van der Waals surface area contributed by atoms with E-state index in [1.54, 1.807) is 12.1 Å². The van der Waals surface area contributed by atoms with Crippen LogP contribution in [0.4, 0.5) is 10.3 Å². The molecule has 0 spiro atoms. The van der Waals surface area contributed by atoms with Gasteiger partial charge < -0.3 is 15.2 Å². The van der Waals surface area contributed by atoms with E-state index in [0.29, 0.717) is 36.6 Å². The third-order valence-electron chi connectivity index (χ3n) is 5.01. The second kappa shape index (κ2) is 7.18. The Kier molecular flexibility index (Phi) is 4.73. The predicted octanol–water partition coefficient (Wildman–Crippen LogP) is 3.49. The van der Waals surface area contributed by atoms with Crippen molar-refractivity contribution in [3.05, 3.63) is 58.6 Å². The molecule has 0 aliphatic carbocycles. The summed E-state index contributed by atoms with van der Waals surface area (Å²) >= 11 is 6.21. The Morgan fingerprint density at radius 1 is 1.30 bits per heavy atom. The minimum absolute atomic E-state index is 0.375. The van der Waals surface area contributed by atoms with Gasteiger partial charge in [0.05, 0.1) is 35.3 Å². The van der Waals surface area contributed by atoms with Crippen molar-refractivity contribution in [1.82, 2.24) is 9.55 Å². The zero-order chi connectivity index (χ0) is 19.0. The number of nitrogens with zero attached hydrogens (tertiary/aromatic N) is 4. The number of anilines is 1. The van der Waals surface area contributed by atoms with Crippen LogP contribution in [-0.4, -0.2) is 34.9 Å². The van der Waals surface area contributed by atoms with Gasteiger partial charge in [-0.25, -0.2) is 9.37 Å². The minimum Gasteiger partial charge on any atom is -0.340 e. The molecule has 4 rings (SSSR count). The highest BCUT2D eigenvalue weighted by Crippen LogP contribution is 2.29. The second-order valence-electron chi connectivity index (χ2n) is 6.81. The van der Waals surface area contributed by atoms with Gasteiger partial charge in [-0.3, -0.25) is 0 Å². The molecule has 1 aromatic heterocycles. The Balaban J connectivity index is 1.82. The third kappa shape index (κ3) is 3.36. The van der Waals surface area contributed by atoms with Gasteiger partial charge in [0.2, 0.25) is 5.95 Å². The van der Waals surface area contributed by atoms with Crippen molar-refractivity contribution in [2.45, 2.75) is 25.2 Å². The lowest BCUT2D eigenvalue weighted by Gasteiger charge is -2.34. The van der Waals surface area contributed by atoms with Crippen LogP contribution in [-0.2, 0) is 6.54 Å². The first-order valence-electron chi connectivity index (χ1n) is 8.85. The zero-order valence-corrected chi connectivity index (χ0v) is 15.4. The Morgan fingerprint density at radius 3 is 2.89 bits per heavy atom. The Labute approximate surface area is 161 Å². The topological polar surface area (TPSA) is 70.9 Å². The van der Waals surface area contributed by atoms with Crippen molar-refractivity contribution < 1.29 is 4.39 Å². The van der Waals surface area contributed by atoms with E-state index in [2.05, 4.69) is 6.07 Å². The van der Waals surface area contributed by atoms with E-state index in [1.165, 1.54) is 0 Å². The predicted molar refractivity (Wildman–Crippen MR) is 105 cm³/mol. The third-order valence-corrected chi connectivity index (χ3v) is 5.24. The molecular weight excluding hydrogens is 365 g/mol. The largest absolute Gasteiger partial charge is 0.340 e. The van der Waals surface area contributed by atoms with Crippen molar-refractivity contribution in [3.8, 4) is 6.07 Å². The zero-order valence-electron chi connectivity index (χ0n) is 14.6. The molecule has 0 radical (unpaired) electrons. The molecule has 138 valence electrons. The van der Waals surface area contributed by atoms with Gasteiger partial charge in [-0.1, -0.05) is 29.8 Å². The SMILES string of the molecule is N#Cc1ccccc1Cn1c(N2CC[C@@H](F)[C@H](N)C2)nc2ccc(Cl)cc21. The van der Waals surface area contributed by atoms with Gasteiger partial charge in [-0.05, 0) is 36.2 Å². The Morgan fingerprint density at radius 2 is 2.11 bits per heavy atom. The lowest BCUT2D eigenvalue weighted by Crippen LogP contribution is -2.50. The quantitative estimate of drug-likeness (QED) is 0.751. The molecule has 1 aliphatic heterocycles. The van der Waals surface area contributed by atoms with Gasteiger partial charge >= 0.3 is 0 Å². The second-order valence-corrected chi connectivity index (χ2v) is 7.25. The van der Waals surface area contributed by atoms with Crippen LogP contribution >= 0.6 is 11.6 Å². The minimum atomic E-state index is -0.993. The highest BCUT2D eigenvalue weighted by molar-refractivity contribution is 6.31. The highest BCUT2D eigenvalue weighted by atomic mass is 35.5. The summed E-state index contributed by atoms with van der Waals surface area (Å²) in [6.45, 7) is 1.42. The average molecular weight is 384 g/mol. The van der Waals surface area contributed by atoms with E-state index in [0.717, 1.165) is 22.5 Å².